The second kappa shape index (κ2) is 11.3. The minimum absolute atomic E-state index is 0.300. The van der Waals surface area contributed by atoms with Gasteiger partial charge in [0.2, 0.25) is 5.76 Å². The lowest BCUT2D eigenvalue weighted by Crippen LogP contribution is -2.34. The van der Waals surface area contributed by atoms with E-state index >= 15 is 0 Å². The van der Waals surface area contributed by atoms with E-state index in [0.717, 1.165) is 24.3 Å². The quantitative estimate of drug-likeness (QED) is 0.167. The molecule has 9 nitrogen and oxygen atoms in total. The first kappa shape index (κ1) is 28.2. The molecule has 0 amide bonds. The van der Waals surface area contributed by atoms with Crippen LogP contribution in [0.2, 0.25) is 10.0 Å². The van der Waals surface area contributed by atoms with Crippen LogP contribution in [-0.4, -0.2) is 39.7 Å². The lowest BCUT2D eigenvalue weighted by atomic mass is 10.1. The first-order valence-electron chi connectivity index (χ1n) is 9.64. The van der Waals surface area contributed by atoms with Gasteiger partial charge in [0.05, 0.1) is 6.61 Å². The molecule has 2 aromatic carbocycles. The smallest absolute Gasteiger partial charge is 0.470 e. The maximum Gasteiger partial charge on any atom is 0.470 e. The van der Waals surface area contributed by atoms with Crippen LogP contribution in [0.15, 0.2) is 35.8 Å². The Hall–Kier alpha value is -2.38. The van der Waals surface area contributed by atoms with Gasteiger partial charge in [0, 0.05) is 11.1 Å². The molecular weight excluding hydrogens is 562 g/mol. The number of aliphatic hydroxyl groups is 1. The third kappa shape index (κ3) is 6.30. The van der Waals surface area contributed by atoms with Crippen LogP contribution in [-0.2, 0) is 41.3 Å². The van der Waals surface area contributed by atoms with E-state index in [1.807, 2.05) is 0 Å². The summed E-state index contributed by atoms with van der Waals surface area (Å²) in [6.45, 7) is -2.55. The van der Waals surface area contributed by atoms with Crippen molar-refractivity contribution in [2.75, 3.05) is 6.61 Å². The number of rotatable bonds is 10. The molecule has 36 heavy (non-hydrogen) atoms. The van der Waals surface area contributed by atoms with Crippen LogP contribution in [0.5, 0.6) is 0 Å². The summed E-state index contributed by atoms with van der Waals surface area (Å²) < 4.78 is 86.7. The Balaban J connectivity index is 1.95. The van der Waals surface area contributed by atoms with Gasteiger partial charge in [-0.3, -0.25) is 4.52 Å². The summed E-state index contributed by atoms with van der Waals surface area (Å²) in [6.07, 6.45) is -3.70. The first-order chi connectivity index (χ1) is 16.8. The van der Waals surface area contributed by atoms with Gasteiger partial charge in [0.1, 0.15) is 41.0 Å². The second-order valence-electron chi connectivity index (χ2n) is 7.08. The minimum Gasteiger partial charge on any atom is -0.485 e. The summed E-state index contributed by atoms with van der Waals surface area (Å²) >= 11 is 11.0. The largest absolute Gasteiger partial charge is 0.485 e. The van der Waals surface area contributed by atoms with E-state index in [1.165, 1.54) is 0 Å². The summed E-state index contributed by atoms with van der Waals surface area (Å²) in [5.74, 6) is -7.18. The zero-order valence-corrected chi connectivity index (χ0v) is 20.0. The van der Waals surface area contributed by atoms with Crippen molar-refractivity contribution in [1.82, 2.24) is 0 Å². The summed E-state index contributed by atoms with van der Waals surface area (Å²) in [5, 5.41) is 7.85. The van der Waals surface area contributed by atoms with Gasteiger partial charge in [0.25, 0.3) is 0 Å². The summed E-state index contributed by atoms with van der Waals surface area (Å²) in [4.78, 5) is 30.6. The molecule has 0 unspecified atom stereocenters. The summed E-state index contributed by atoms with van der Waals surface area (Å²) in [7, 11) is -5.22. The number of carbonyl (C=O) groups is 1. The van der Waals surface area contributed by atoms with Gasteiger partial charge in [-0.2, -0.15) is 0 Å². The van der Waals surface area contributed by atoms with Crippen molar-refractivity contribution in [2.24, 2.45) is 0 Å². The van der Waals surface area contributed by atoms with Crippen LogP contribution >= 0.6 is 31.0 Å². The van der Waals surface area contributed by atoms with Crippen molar-refractivity contribution in [1.29, 1.82) is 0 Å². The van der Waals surface area contributed by atoms with Crippen LogP contribution < -0.4 is 0 Å². The van der Waals surface area contributed by atoms with E-state index < -0.39 is 90.7 Å². The van der Waals surface area contributed by atoms with Crippen molar-refractivity contribution in [3.05, 3.63) is 80.2 Å². The fourth-order valence-electron chi connectivity index (χ4n) is 3.00. The van der Waals surface area contributed by atoms with Crippen LogP contribution in [0.3, 0.4) is 0 Å². The number of benzene rings is 2. The fourth-order valence-corrected chi connectivity index (χ4v) is 3.89. The summed E-state index contributed by atoms with van der Waals surface area (Å²) in [5.41, 5.74) is -0.606. The molecule has 0 radical (unpaired) electrons. The summed E-state index contributed by atoms with van der Waals surface area (Å²) in [6, 6.07) is 3.61. The Kier molecular flexibility index (Phi) is 8.88. The number of aliphatic hydroxyl groups excluding tert-OH is 1. The van der Waals surface area contributed by atoms with Crippen molar-refractivity contribution in [2.45, 2.75) is 25.4 Å². The van der Waals surface area contributed by atoms with Gasteiger partial charge in [-0.05, 0) is 24.3 Å². The van der Waals surface area contributed by atoms with Crippen molar-refractivity contribution >= 4 is 37.0 Å². The molecule has 3 rings (SSSR count). The topological polar surface area (TPSA) is 132 Å². The molecule has 0 saturated carbocycles. The number of esters is 1. The number of carbonyl (C=O) groups excluding carboxylic acids is 1. The Bertz CT molecular complexity index is 1250. The average Bonchev–Trinajstić information content (AvgIpc) is 3.13. The number of hydrogen-bond acceptors (Lipinski definition) is 7. The van der Waals surface area contributed by atoms with Gasteiger partial charge in [0.15, 0.2) is 23.5 Å². The van der Waals surface area contributed by atoms with Crippen LogP contribution in [0, 0.1) is 23.3 Å². The molecule has 2 atom stereocenters. The van der Waals surface area contributed by atoms with Crippen molar-refractivity contribution in [3.63, 3.8) is 0 Å². The number of cyclic esters (lactones) is 1. The molecule has 0 aromatic heterocycles. The zero-order chi connectivity index (χ0) is 26.8. The molecule has 1 aliphatic heterocycles. The van der Waals surface area contributed by atoms with Gasteiger partial charge in [-0.25, -0.2) is 26.9 Å². The highest BCUT2D eigenvalue weighted by molar-refractivity contribution is 7.46. The monoisotopic (exact) mass is 576 g/mol. The standard InChI is InChI=1S/C20H15Cl2F4O9P/c21-13-10(23)3-1-8(15(13)25)6-32-18-17(12(5-27)35-36(29,30)31)34-20(28)19(18)33-7-9-2-4-11(24)14(22)16(9)26/h1-4,12,17,27H,5-7H2,(H2,29,30,31)/t12-,17+/m0/s1. The molecule has 0 spiro atoms. The Morgan fingerprint density at radius 3 is 1.92 bits per heavy atom. The van der Waals surface area contributed by atoms with Crippen LogP contribution in [0.25, 0.3) is 0 Å². The minimum atomic E-state index is -5.22. The lowest BCUT2D eigenvalue weighted by molar-refractivity contribution is -0.148. The highest BCUT2D eigenvalue weighted by atomic mass is 35.5. The molecule has 0 fully saturated rings. The lowest BCUT2D eigenvalue weighted by Gasteiger charge is -2.23. The molecule has 16 heteroatoms. The van der Waals surface area contributed by atoms with Crippen LogP contribution in [0.4, 0.5) is 17.6 Å². The van der Waals surface area contributed by atoms with Crippen LogP contribution in [0.1, 0.15) is 11.1 Å². The number of hydrogen-bond donors (Lipinski definition) is 3. The highest BCUT2D eigenvalue weighted by Gasteiger charge is 2.45. The normalized spacial score (nSPS) is 16.8. The molecule has 1 aliphatic rings. The van der Waals surface area contributed by atoms with E-state index in [-0.39, 0.29) is 11.1 Å². The Labute approximate surface area is 210 Å². The Morgan fingerprint density at radius 1 is 0.944 bits per heavy atom. The highest BCUT2D eigenvalue weighted by Crippen LogP contribution is 2.41. The van der Waals surface area contributed by atoms with Crippen molar-refractivity contribution < 1.29 is 60.5 Å². The number of halogens is 6. The maximum absolute atomic E-state index is 14.3. The van der Waals surface area contributed by atoms with Gasteiger partial charge < -0.3 is 29.1 Å². The van der Waals surface area contributed by atoms with E-state index in [1.54, 1.807) is 0 Å². The Morgan fingerprint density at radius 2 is 1.44 bits per heavy atom. The van der Waals surface area contributed by atoms with E-state index in [0.29, 0.717) is 0 Å². The molecule has 0 aliphatic carbocycles. The average molecular weight is 577 g/mol. The number of phosphoric acid groups is 1. The van der Waals surface area contributed by atoms with Gasteiger partial charge in [-0.15, -0.1) is 0 Å². The second-order valence-corrected chi connectivity index (χ2v) is 9.03. The first-order valence-corrected chi connectivity index (χ1v) is 11.9. The maximum atomic E-state index is 14.3. The SMILES string of the molecule is O=C1O[C@H]([C@H](CO)OP(=O)(O)O)C(OCc2ccc(F)c(Cl)c2F)=C1OCc1ccc(F)c(Cl)c1F. The molecule has 0 bridgehead atoms. The molecular formula is C20H15Cl2F4O9P. The van der Waals surface area contributed by atoms with Crippen molar-refractivity contribution in [3.8, 4) is 0 Å². The predicted octanol–water partition coefficient (Wildman–Crippen LogP) is 3.89. The third-order valence-electron chi connectivity index (χ3n) is 4.68. The molecule has 0 saturated heterocycles. The fraction of sp³-hybridized carbons (Fsp3) is 0.250. The number of ether oxygens (including phenoxy) is 3. The predicted molar refractivity (Wildman–Crippen MR) is 113 cm³/mol. The number of phosphoric ester groups is 1. The van der Waals surface area contributed by atoms with E-state index in [4.69, 9.17) is 47.2 Å². The van der Waals surface area contributed by atoms with Gasteiger partial charge in [-0.1, -0.05) is 23.2 Å². The third-order valence-corrected chi connectivity index (χ3v) is 5.92. The molecule has 196 valence electrons. The molecule has 1 heterocycles. The van der Waals surface area contributed by atoms with E-state index in [9.17, 15) is 32.0 Å². The zero-order valence-electron chi connectivity index (χ0n) is 17.6. The molecule has 2 aromatic rings. The van der Waals surface area contributed by atoms with Gasteiger partial charge >= 0.3 is 13.8 Å². The van der Waals surface area contributed by atoms with E-state index in [2.05, 4.69) is 4.52 Å². The molecule has 3 N–H and O–H groups in total.